The Morgan fingerprint density at radius 2 is 1.91 bits per heavy atom. The number of hydrogen-bond donors (Lipinski definition) is 1. The highest BCUT2D eigenvalue weighted by Crippen LogP contribution is 2.56. The number of fused-ring (bicyclic) bond motifs is 1. The van der Waals surface area contributed by atoms with Crippen LogP contribution in [0.4, 0.5) is 0 Å². The number of aliphatic hydroxyl groups is 1. The first-order valence-corrected chi connectivity index (χ1v) is 8.35. The van der Waals surface area contributed by atoms with Crippen LogP contribution in [0, 0.1) is 11.8 Å². The summed E-state index contributed by atoms with van der Waals surface area (Å²) in [7, 11) is 1.77. The van der Waals surface area contributed by atoms with Crippen LogP contribution in [0.1, 0.15) is 32.3 Å². The second-order valence-electron chi connectivity index (χ2n) is 6.98. The first-order chi connectivity index (χ1) is 11.0. The molecule has 2 aromatic rings. The molecule has 3 rings (SSSR count). The van der Waals surface area contributed by atoms with E-state index in [0.717, 1.165) is 12.0 Å². The topological polar surface area (TPSA) is 29.5 Å². The molecule has 1 aliphatic rings. The zero-order valence-corrected chi connectivity index (χ0v) is 14.3. The molecular weight excluding hydrogens is 284 g/mol. The van der Waals surface area contributed by atoms with E-state index in [-0.39, 0.29) is 11.8 Å². The molecule has 0 radical (unpaired) electrons. The van der Waals surface area contributed by atoms with Gasteiger partial charge in [-0.25, -0.2) is 0 Å². The van der Waals surface area contributed by atoms with Crippen molar-refractivity contribution in [1.29, 1.82) is 0 Å². The fourth-order valence-electron chi connectivity index (χ4n) is 4.66. The summed E-state index contributed by atoms with van der Waals surface area (Å²) in [5.41, 5.74) is -0.0800. The number of methoxy groups -OCH3 is 1. The Hall–Kier alpha value is -1.64. The molecule has 1 N–H and O–H groups in total. The van der Waals surface area contributed by atoms with E-state index in [1.807, 2.05) is 6.08 Å². The van der Waals surface area contributed by atoms with Gasteiger partial charge in [0, 0.05) is 13.0 Å². The fourth-order valence-corrected chi connectivity index (χ4v) is 4.66. The number of benzene rings is 2. The normalized spacial score (nSPS) is 33.9. The van der Waals surface area contributed by atoms with Gasteiger partial charge in [0.15, 0.2) is 0 Å². The average molecular weight is 310 g/mol. The highest BCUT2D eigenvalue weighted by atomic mass is 16.5. The van der Waals surface area contributed by atoms with Crippen LogP contribution in [-0.4, -0.2) is 17.8 Å². The summed E-state index contributed by atoms with van der Waals surface area (Å²) < 4.78 is 6.11. The van der Waals surface area contributed by atoms with Gasteiger partial charge in [-0.2, -0.15) is 0 Å². The maximum absolute atomic E-state index is 11.1. The molecule has 4 atom stereocenters. The summed E-state index contributed by atoms with van der Waals surface area (Å²) in [6.07, 6.45) is 3.13. The maximum atomic E-state index is 11.1. The van der Waals surface area contributed by atoms with E-state index < -0.39 is 11.2 Å². The first kappa shape index (κ1) is 16.2. The molecule has 0 heterocycles. The summed E-state index contributed by atoms with van der Waals surface area (Å²) in [6, 6.07) is 14.9. The quantitative estimate of drug-likeness (QED) is 0.832. The number of ether oxygens (including phenoxy) is 1. The number of hydrogen-bond acceptors (Lipinski definition) is 2. The first-order valence-electron chi connectivity index (χ1n) is 8.35. The molecule has 1 saturated carbocycles. The van der Waals surface area contributed by atoms with Gasteiger partial charge < -0.3 is 9.84 Å². The molecule has 23 heavy (non-hydrogen) atoms. The minimum Gasteiger partial charge on any atom is -0.389 e. The summed E-state index contributed by atoms with van der Waals surface area (Å²) in [4.78, 5) is 0. The molecule has 0 saturated heterocycles. The fraction of sp³-hybridized carbons (Fsp3) is 0.429. The van der Waals surface area contributed by atoms with Crippen LogP contribution in [0.25, 0.3) is 10.8 Å². The van der Waals surface area contributed by atoms with Crippen LogP contribution in [0.15, 0.2) is 55.1 Å². The average Bonchev–Trinajstić information content (AvgIpc) is 2.74. The molecule has 1 fully saturated rings. The predicted octanol–water partition coefficient (Wildman–Crippen LogP) is 4.66. The molecule has 0 spiro atoms. The van der Waals surface area contributed by atoms with Gasteiger partial charge >= 0.3 is 0 Å². The molecule has 2 aromatic carbocycles. The third-order valence-corrected chi connectivity index (χ3v) is 5.88. The predicted molar refractivity (Wildman–Crippen MR) is 95.3 cm³/mol. The van der Waals surface area contributed by atoms with Gasteiger partial charge in [-0.05, 0) is 41.2 Å². The Kier molecular flexibility index (Phi) is 4.07. The van der Waals surface area contributed by atoms with Crippen molar-refractivity contribution in [2.75, 3.05) is 7.11 Å². The van der Waals surface area contributed by atoms with E-state index in [1.165, 1.54) is 10.8 Å². The van der Waals surface area contributed by atoms with Crippen LogP contribution in [0.5, 0.6) is 0 Å². The molecule has 0 amide bonds. The smallest absolute Gasteiger partial charge is 0.101 e. The SMILES string of the molecule is C=CC[C@@]1(O)C[C@H](C)[C@@](OC)(c2ccc3ccccc3c2)[C@@H]1C. The third kappa shape index (κ3) is 2.32. The van der Waals surface area contributed by atoms with Crippen LogP contribution < -0.4 is 0 Å². The second kappa shape index (κ2) is 5.77. The minimum atomic E-state index is -0.761. The molecular formula is C21H26O2. The van der Waals surface area contributed by atoms with Crippen molar-refractivity contribution in [2.45, 2.75) is 37.9 Å². The molecule has 0 aliphatic heterocycles. The summed E-state index contributed by atoms with van der Waals surface area (Å²) in [5, 5.41) is 13.6. The summed E-state index contributed by atoms with van der Waals surface area (Å²) >= 11 is 0. The minimum absolute atomic E-state index is 0.00541. The molecule has 0 unspecified atom stereocenters. The van der Waals surface area contributed by atoms with Gasteiger partial charge in [-0.3, -0.25) is 0 Å². The van der Waals surface area contributed by atoms with E-state index in [9.17, 15) is 5.11 Å². The highest BCUT2D eigenvalue weighted by Gasteiger charge is 2.59. The van der Waals surface area contributed by atoms with Crippen LogP contribution in [0.3, 0.4) is 0 Å². The van der Waals surface area contributed by atoms with Crippen molar-refractivity contribution in [3.63, 3.8) is 0 Å². The van der Waals surface area contributed by atoms with Gasteiger partial charge in [0.05, 0.1) is 5.60 Å². The molecule has 0 bridgehead atoms. The Morgan fingerprint density at radius 1 is 1.22 bits per heavy atom. The molecule has 1 aliphatic carbocycles. The van der Waals surface area contributed by atoms with Gasteiger partial charge in [-0.15, -0.1) is 6.58 Å². The van der Waals surface area contributed by atoms with E-state index >= 15 is 0 Å². The van der Waals surface area contributed by atoms with E-state index in [4.69, 9.17) is 4.74 Å². The lowest BCUT2D eigenvalue weighted by Gasteiger charge is -2.39. The largest absolute Gasteiger partial charge is 0.389 e. The van der Waals surface area contributed by atoms with Crippen molar-refractivity contribution < 1.29 is 9.84 Å². The van der Waals surface area contributed by atoms with Crippen molar-refractivity contribution in [1.82, 2.24) is 0 Å². The van der Waals surface area contributed by atoms with Crippen molar-refractivity contribution >= 4 is 10.8 Å². The van der Waals surface area contributed by atoms with E-state index in [2.05, 4.69) is 62.9 Å². The summed E-state index contributed by atoms with van der Waals surface area (Å²) in [6.45, 7) is 8.09. The lowest BCUT2D eigenvalue weighted by molar-refractivity contribution is -0.105. The maximum Gasteiger partial charge on any atom is 0.101 e. The van der Waals surface area contributed by atoms with Crippen molar-refractivity contribution in [3.05, 3.63) is 60.7 Å². The van der Waals surface area contributed by atoms with Gasteiger partial charge in [0.2, 0.25) is 0 Å². The van der Waals surface area contributed by atoms with E-state index in [1.54, 1.807) is 7.11 Å². The van der Waals surface area contributed by atoms with Crippen LogP contribution in [0.2, 0.25) is 0 Å². The standard InChI is InChI=1S/C21H26O2/c1-5-12-20(22)14-15(2)21(23-4,16(20)3)19-11-10-17-8-6-7-9-18(17)13-19/h5-11,13,15-16,22H,1,12,14H2,2-4H3/t15-,16+,20+,21-/m0/s1. The second-order valence-corrected chi connectivity index (χ2v) is 6.98. The third-order valence-electron chi connectivity index (χ3n) is 5.88. The zero-order chi connectivity index (χ0) is 16.7. The van der Waals surface area contributed by atoms with Crippen molar-refractivity contribution in [2.24, 2.45) is 11.8 Å². The van der Waals surface area contributed by atoms with Gasteiger partial charge in [-0.1, -0.05) is 56.3 Å². The Morgan fingerprint density at radius 3 is 2.57 bits per heavy atom. The Balaban J connectivity index is 2.13. The molecule has 2 nitrogen and oxygen atoms in total. The highest BCUT2D eigenvalue weighted by molar-refractivity contribution is 5.83. The lowest BCUT2D eigenvalue weighted by atomic mass is 9.76. The summed E-state index contributed by atoms with van der Waals surface area (Å²) in [5.74, 6) is 0.225. The Labute approximate surface area is 138 Å². The van der Waals surface area contributed by atoms with Crippen LogP contribution >= 0.6 is 0 Å². The zero-order valence-electron chi connectivity index (χ0n) is 14.3. The number of rotatable bonds is 4. The molecule has 0 aromatic heterocycles. The van der Waals surface area contributed by atoms with Gasteiger partial charge in [0.25, 0.3) is 0 Å². The van der Waals surface area contributed by atoms with E-state index in [0.29, 0.717) is 6.42 Å². The lowest BCUT2D eigenvalue weighted by Crippen LogP contribution is -2.43. The Bertz CT molecular complexity index is 723. The van der Waals surface area contributed by atoms with Crippen LogP contribution in [-0.2, 0) is 10.3 Å². The molecule has 2 heteroatoms. The molecule has 122 valence electrons. The van der Waals surface area contributed by atoms with Gasteiger partial charge in [0.1, 0.15) is 5.60 Å². The monoisotopic (exact) mass is 310 g/mol. The van der Waals surface area contributed by atoms with Crippen molar-refractivity contribution in [3.8, 4) is 0 Å².